The number of unbranched alkanes of at least 4 members (excludes halogenated alkanes) is 1. The van der Waals surface area contributed by atoms with Crippen LogP contribution in [0, 0.1) is 0 Å². The van der Waals surface area contributed by atoms with Crippen LogP contribution in [0.5, 0.6) is 0 Å². The van der Waals surface area contributed by atoms with Gasteiger partial charge in [0.25, 0.3) is 0 Å². The van der Waals surface area contributed by atoms with Crippen LogP contribution in [0.1, 0.15) is 19.8 Å². The second-order valence-electron chi connectivity index (χ2n) is 2.94. The highest BCUT2D eigenvalue weighted by Gasteiger charge is 2.28. The van der Waals surface area contributed by atoms with Crippen LogP contribution in [0.25, 0.3) is 0 Å². The Morgan fingerprint density at radius 3 is 3.08 bits per heavy atom. The highest BCUT2D eigenvalue weighted by molar-refractivity contribution is 5.87. The van der Waals surface area contributed by atoms with E-state index in [2.05, 4.69) is 15.4 Å². The molecule has 1 fully saturated rings. The van der Waals surface area contributed by atoms with Gasteiger partial charge in [-0.25, -0.2) is 4.79 Å². The Hall–Kier alpha value is -1.26. The van der Waals surface area contributed by atoms with Crippen molar-refractivity contribution < 1.29 is 14.3 Å². The molecule has 0 spiro atoms. The molecule has 0 aromatic rings. The third-order valence-corrected chi connectivity index (χ3v) is 1.82. The lowest BCUT2D eigenvalue weighted by atomic mass is 10.3. The van der Waals surface area contributed by atoms with Gasteiger partial charge in [0, 0.05) is 6.54 Å². The molecule has 0 aromatic carbocycles. The highest BCUT2D eigenvalue weighted by Crippen LogP contribution is 1.97. The number of amides is 2. The number of hydrogen-bond acceptors (Lipinski definition) is 3. The van der Waals surface area contributed by atoms with Gasteiger partial charge in [-0.1, -0.05) is 13.3 Å². The molecule has 5 nitrogen and oxygen atoms in total. The number of rotatable bonds is 4. The van der Waals surface area contributed by atoms with Crippen LogP contribution in [0.2, 0.25) is 0 Å². The smallest absolute Gasteiger partial charge is 0.407 e. The van der Waals surface area contributed by atoms with Crippen molar-refractivity contribution in [1.82, 2.24) is 10.6 Å². The second kappa shape index (κ2) is 4.69. The zero-order valence-corrected chi connectivity index (χ0v) is 7.63. The lowest BCUT2D eigenvalue weighted by molar-refractivity contribution is -0.122. The first-order valence-corrected chi connectivity index (χ1v) is 4.45. The lowest BCUT2D eigenvalue weighted by Gasteiger charge is -2.07. The number of ether oxygens (including phenoxy) is 1. The van der Waals surface area contributed by atoms with Crippen LogP contribution >= 0.6 is 0 Å². The maximum Gasteiger partial charge on any atom is 0.407 e. The topological polar surface area (TPSA) is 67.4 Å². The molecule has 1 aliphatic rings. The van der Waals surface area contributed by atoms with Gasteiger partial charge in [0.15, 0.2) is 0 Å². The van der Waals surface area contributed by atoms with Crippen LogP contribution in [-0.2, 0) is 9.53 Å². The highest BCUT2D eigenvalue weighted by atomic mass is 16.6. The van der Waals surface area contributed by atoms with E-state index < -0.39 is 12.1 Å². The molecule has 2 amide bonds. The van der Waals surface area contributed by atoms with Crippen LogP contribution in [0.4, 0.5) is 4.79 Å². The number of nitrogens with one attached hydrogen (secondary N) is 2. The minimum absolute atomic E-state index is 0.136. The summed E-state index contributed by atoms with van der Waals surface area (Å²) in [5.41, 5.74) is 0. The first-order chi connectivity index (χ1) is 6.24. The second-order valence-corrected chi connectivity index (χ2v) is 2.94. The van der Waals surface area contributed by atoms with E-state index in [1.165, 1.54) is 0 Å². The number of carbonyl (C=O) groups excluding carboxylic acids is 2. The number of cyclic esters (lactones) is 1. The van der Waals surface area contributed by atoms with E-state index in [-0.39, 0.29) is 12.5 Å². The largest absolute Gasteiger partial charge is 0.447 e. The Bertz CT molecular complexity index is 206. The van der Waals surface area contributed by atoms with E-state index in [1.54, 1.807) is 0 Å². The van der Waals surface area contributed by atoms with Crippen molar-refractivity contribution in [3.63, 3.8) is 0 Å². The van der Waals surface area contributed by atoms with Gasteiger partial charge in [-0.05, 0) is 6.42 Å². The molecule has 0 saturated carbocycles. The summed E-state index contributed by atoms with van der Waals surface area (Å²) in [4.78, 5) is 21.8. The van der Waals surface area contributed by atoms with Crippen molar-refractivity contribution in [3.8, 4) is 0 Å². The molecule has 1 aliphatic heterocycles. The van der Waals surface area contributed by atoms with Gasteiger partial charge in [-0.2, -0.15) is 0 Å². The quantitative estimate of drug-likeness (QED) is 0.608. The fraction of sp³-hybridized carbons (Fsp3) is 0.750. The van der Waals surface area contributed by atoms with Crippen molar-refractivity contribution >= 4 is 12.0 Å². The van der Waals surface area contributed by atoms with Gasteiger partial charge < -0.3 is 15.4 Å². The minimum atomic E-state index is -0.518. The number of alkyl carbamates (subject to hydrolysis) is 1. The van der Waals surface area contributed by atoms with E-state index in [4.69, 9.17) is 0 Å². The van der Waals surface area contributed by atoms with Crippen molar-refractivity contribution in [2.45, 2.75) is 25.8 Å². The molecule has 0 aliphatic carbocycles. The third kappa shape index (κ3) is 2.93. The predicted molar refractivity (Wildman–Crippen MR) is 46.2 cm³/mol. The van der Waals surface area contributed by atoms with E-state index in [1.807, 2.05) is 6.92 Å². The molecule has 0 bridgehead atoms. The maximum absolute atomic E-state index is 11.3. The Morgan fingerprint density at radius 1 is 1.77 bits per heavy atom. The average molecular weight is 186 g/mol. The molecule has 1 heterocycles. The molecule has 0 aromatic heterocycles. The number of carbonyl (C=O) groups is 2. The average Bonchev–Trinajstić information content (AvgIpc) is 2.52. The summed E-state index contributed by atoms with van der Waals surface area (Å²) in [7, 11) is 0. The van der Waals surface area contributed by atoms with Crippen molar-refractivity contribution in [1.29, 1.82) is 0 Å². The predicted octanol–water partition coefficient (Wildman–Crippen LogP) is 0.0111. The molecule has 1 unspecified atom stereocenters. The zero-order chi connectivity index (χ0) is 9.68. The Balaban J connectivity index is 2.20. The lowest BCUT2D eigenvalue weighted by Crippen LogP contribution is -2.43. The Morgan fingerprint density at radius 2 is 2.54 bits per heavy atom. The molecular formula is C8H14N2O3. The van der Waals surface area contributed by atoms with Crippen molar-refractivity contribution in [2.75, 3.05) is 13.2 Å². The standard InChI is InChI=1S/C8H14N2O3/c1-2-3-4-9-7(11)6-5-13-8(12)10-6/h6H,2-5H2,1H3,(H,9,11)(H,10,12). The van der Waals surface area contributed by atoms with Gasteiger partial charge in [0.2, 0.25) is 5.91 Å². The molecule has 0 radical (unpaired) electrons. The molecular weight excluding hydrogens is 172 g/mol. The van der Waals surface area contributed by atoms with Crippen molar-refractivity contribution in [2.24, 2.45) is 0 Å². The normalized spacial score (nSPS) is 20.7. The van der Waals surface area contributed by atoms with E-state index in [0.29, 0.717) is 6.54 Å². The third-order valence-electron chi connectivity index (χ3n) is 1.82. The maximum atomic E-state index is 11.3. The van der Waals surface area contributed by atoms with Gasteiger partial charge in [0.05, 0.1) is 0 Å². The first-order valence-electron chi connectivity index (χ1n) is 4.45. The van der Waals surface area contributed by atoms with Crippen LogP contribution in [0.15, 0.2) is 0 Å². The Labute approximate surface area is 76.8 Å². The van der Waals surface area contributed by atoms with E-state index in [9.17, 15) is 9.59 Å². The molecule has 1 saturated heterocycles. The Kier molecular flexibility index (Phi) is 3.54. The minimum Gasteiger partial charge on any atom is -0.447 e. The SMILES string of the molecule is CCCCNC(=O)C1COC(=O)N1. The van der Waals surface area contributed by atoms with Crippen LogP contribution in [-0.4, -0.2) is 31.2 Å². The zero-order valence-electron chi connectivity index (χ0n) is 7.63. The van der Waals surface area contributed by atoms with Gasteiger partial charge in [-0.3, -0.25) is 4.79 Å². The van der Waals surface area contributed by atoms with Crippen LogP contribution < -0.4 is 10.6 Å². The molecule has 13 heavy (non-hydrogen) atoms. The molecule has 5 heteroatoms. The molecule has 1 atom stereocenters. The summed E-state index contributed by atoms with van der Waals surface area (Å²) < 4.78 is 4.58. The van der Waals surface area contributed by atoms with Gasteiger partial charge in [-0.15, -0.1) is 0 Å². The summed E-state index contributed by atoms with van der Waals surface area (Å²) in [6, 6.07) is -0.510. The summed E-state index contributed by atoms with van der Waals surface area (Å²) in [6.07, 6.45) is 1.47. The summed E-state index contributed by atoms with van der Waals surface area (Å²) >= 11 is 0. The first kappa shape index (κ1) is 9.83. The van der Waals surface area contributed by atoms with E-state index in [0.717, 1.165) is 12.8 Å². The monoisotopic (exact) mass is 186 g/mol. The fourth-order valence-corrected chi connectivity index (χ4v) is 1.04. The van der Waals surface area contributed by atoms with Gasteiger partial charge in [0.1, 0.15) is 12.6 Å². The number of hydrogen-bond donors (Lipinski definition) is 2. The van der Waals surface area contributed by atoms with Crippen LogP contribution in [0.3, 0.4) is 0 Å². The van der Waals surface area contributed by atoms with Crippen molar-refractivity contribution in [3.05, 3.63) is 0 Å². The van der Waals surface area contributed by atoms with Gasteiger partial charge >= 0.3 is 6.09 Å². The molecule has 74 valence electrons. The summed E-state index contributed by atoms with van der Waals surface area (Å²) in [6.45, 7) is 2.84. The molecule has 2 N–H and O–H groups in total. The summed E-state index contributed by atoms with van der Waals surface area (Å²) in [5.74, 6) is -0.167. The summed E-state index contributed by atoms with van der Waals surface area (Å²) in [5, 5.41) is 5.12. The fourth-order valence-electron chi connectivity index (χ4n) is 1.04. The van der Waals surface area contributed by atoms with E-state index >= 15 is 0 Å². The molecule has 1 rings (SSSR count).